The number of fused-ring (bicyclic) bond motifs is 14. The molecule has 6 nitrogen and oxygen atoms in total. The molecule has 16 aromatic carbocycles. The van der Waals surface area contributed by atoms with Gasteiger partial charge in [-0.2, -0.15) is 0 Å². The van der Waals surface area contributed by atoms with E-state index in [1.54, 1.807) is 0 Å². The number of hydrogen-bond donors (Lipinski definition) is 0. The fourth-order valence-corrected chi connectivity index (χ4v) is 15.3. The summed E-state index contributed by atoms with van der Waals surface area (Å²) in [4.78, 5) is 9.55. The lowest BCUT2D eigenvalue weighted by Crippen LogP contribution is -2.12. The molecule has 98 heavy (non-hydrogen) atoms. The van der Waals surface area contributed by atoms with Gasteiger partial charge in [0.05, 0.1) is 11.4 Å². The molecule has 6 heteroatoms. The maximum Gasteiger partial charge on any atom is 0.138 e. The molecule has 0 aliphatic carbocycles. The summed E-state index contributed by atoms with van der Waals surface area (Å²) in [6, 6.07) is 118. The predicted molar refractivity (Wildman–Crippen MR) is 414 cm³/mol. The second-order valence-corrected chi connectivity index (χ2v) is 25.8. The van der Waals surface area contributed by atoms with Gasteiger partial charge in [-0.3, -0.25) is 0 Å². The Hall–Kier alpha value is -12.6. The maximum atomic E-state index is 7.24. The van der Waals surface area contributed by atoms with Gasteiger partial charge in [0, 0.05) is 101 Å². The Kier molecular flexibility index (Phi) is 14.0. The van der Waals surface area contributed by atoms with Crippen molar-refractivity contribution in [2.24, 2.45) is 0 Å². The van der Waals surface area contributed by atoms with E-state index >= 15 is 0 Å². The van der Waals surface area contributed by atoms with E-state index in [-0.39, 0.29) is 0 Å². The van der Waals surface area contributed by atoms with Crippen molar-refractivity contribution in [2.75, 3.05) is 19.6 Å². The number of benzene rings is 16. The summed E-state index contributed by atoms with van der Waals surface area (Å²) in [5.74, 6) is 0. The van der Waals surface area contributed by atoms with Crippen LogP contribution >= 0.6 is 0 Å². The fourth-order valence-electron chi connectivity index (χ4n) is 15.3. The second kappa shape index (κ2) is 23.7. The minimum absolute atomic E-state index is 0.821. The van der Waals surface area contributed by atoms with Crippen molar-refractivity contribution in [1.82, 2.24) is 0 Å². The molecule has 0 radical (unpaired) electrons. The Balaban J connectivity index is 0.731. The standard InChI is InChI=1S/C92H66N4O2/c1-59-25-14-21-40-79(59)95(80-41-22-15-26-60(80)2)71-46-48-73-65(55-71)44-51-85-89(73)90-74-49-47-72(56-66(74)45-52-86(90)97-85)96(81-42-23-16-27-61(81)3)82-50-43-64(53-62(82)4)63-28-24-35-70(54-63)94(69-33-12-7-13-34-69)84-58-88-92(78-39-20-18-37-76(78)84)91-77-38-19-17-36-75(77)83(57-87(91)98-88)93(67-29-8-5-9-30-67)68-31-10-6-11-32-68/h5-58H,1-4H3. The van der Waals surface area contributed by atoms with Crippen molar-refractivity contribution in [3.05, 3.63) is 350 Å². The van der Waals surface area contributed by atoms with Crippen LogP contribution in [-0.2, 0) is 0 Å². The third-order valence-electron chi connectivity index (χ3n) is 19.8. The fraction of sp³-hybridized carbons (Fsp3) is 0.0435. The highest BCUT2D eigenvalue weighted by Crippen LogP contribution is 2.51. The minimum atomic E-state index is 0.821. The van der Waals surface area contributed by atoms with E-state index in [1.807, 2.05) is 0 Å². The summed E-state index contributed by atoms with van der Waals surface area (Å²) in [6.45, 7) is 8.82. The van der Waals surface area contributed by atoms with Crippen LogP contribution in [-0.4, -0.2) is 0 Å². The van der Waals surface area contributed by atoms with Crippen LogP contribution in [0.15, 0.2) is 336 Å². The topological polar surface area (TPSA) is 39.2 Å². The van der Waals surface area contributed by atoms with Crippen molar-refractivity contribution < 1.29 is 8.83 Å². The first-order valence-electron chi connectivity index (χ1n) is 33.6. The van der Waals surface area contributed by atoms with Crippen LogP contribution in [0.5, 0.6) is 0 Å². The summed E-state index contributed by atoms with van der Waals surface area (Å²) in [7, 11) is 0. The number of anilines is 12. The highest BCUT2D eigenvalue weighted by Gasteiger charge is 2.27. The molecular weight excluding hydrogens is 1190 g/mol. The van der Waals surface area contributed by atoms with Gasteiger partial charge in [0.25, 0.3) is 0 Å². The largest absolute Gasteiger partial charge is 0.456 e. The van der Waals surface area contributed by atoms with E-state index < -0.39 is 0 Å². The molecule has 0 bridgehead atoms. The van der Waals surface area contributed by atoms with Gasteiger partial charge in [0.15, 0.2) is 0 Å². The van der Waals surface area contributed by atoms with Crippen LogP contribution < -0.4 is 19.6 Å². The molecule has 0 saturated carbocycles. The number of rotatable bonds is 13. The lowest BCUT2D eigenvalue weighted by atomic mass is 9.96. The van der Waals surface area contributed by atoms with Gasteiger partial charge in [-0.1, -0.05) is 200 Å². The van der Waals surface area contributed by atoms with Crippen molar-refractivity contribution in [3.8, 4) is 11.1 Å². The zero-order valence-electron chi connectivity index (χ0n) is 54.8. The molecule has 18 aromatic rings. The average Bonchev–Trinajstić information content (AvgIpc) is 1.53. The van der Waals surface area contributed by atoms with Crippen molar-refractivity contribution >= 4 is 155 Å². The molecule has 0 atom stereocenters. The van der Waals surface area contributed by atoms with Gasteiger partial charge in [0.2, 0.25) is 0 Å². The quantitative estimate of drug-likeness (QED) is 0.115. The zero-order valence-corrected chi connectivity index (χ0v) is 54.8. The van der Waals surface area contributed by atoms with Crippen LogP contribution in [0, 0.1) is 27.7 Å². The monoisotopic (exact) mass is 1260 g/mol. The lowest BCUT2D eigenvalue weighted by molar-refractivity contribution is 0.669. The van der Waals surface area contributed by atoms with Crippen molar-refractivity contribution in [1.29, 1.82) is 0 Å². The first kappa shape index (κ1) is 58.0. The first-order chi connectivity index (χ1) is 48.3. The molecular formula is C92H66N4O2. The number of nitrogens with zero attached hydrogens (tertiary/aromatic N) is 4. The van der Waals surface area contributed by atoms with E-state index in [4.69, 9.17) is 8.83 Å². The smallest absolute Gasteiger partial charge is 0.138 e. The number of hydrogen-bond acceptors (Lipinski definition) is 6. The summed E-state index contributed by atoms with van der Waals surface area (Å²) < 4.78 is 14.0. The molecule has 0 saturated heterocycles. The van der Waals surface area contributed by atoms with Crippen LogP contribution in [0.25, 0.3) is 98.1 Å². The van der Waals surface area contributed by atoms with E-state index in [0.717, 1.165) is 172 Å². The Bertz CT molecular complexity index is 6070. The number of aryl methyl sites for hydroxylation is 4. The first-order valence-corrected chi connectivity index (χ1v) is 33.6. The molecule has 466 valence electrons. The molecule has 0 aliphatic rings. The van der Waals surface area contributed by atoms with Crippen molar-refractivity contribution in [3.63, 3.8) is 0 Å². The second-order valence-electron chi connectivity index (χ2n) is 25.8. The summed E-state index contributed by atoms with van der Waals surface area (Å²) in [6.07, 6.45) is 0. The molecule has 0 N–H and O–H groups in total. The lowest BCUT2D eigenvalue weighted by Gasteiger charge is -2.29. The maximum absolute atomic E-state index is 7.24. The summed E-state index contributed by atoms with van der Waals surface area (Å²) >= 11 is 0. The molecule has 2 aromatic heterocycles. The van der Waals surface area contributed by atoms with Crippen molar-refractivity contribution in [2.45, 2.75) is 27.7 Å². The SMILES string of the molecule is Cc1ccccc1N(c1ccc2c(ccc3oc4ccc5cc(N(c6ccccc6C)c6ccc(-c7cccc(N(c8ccccc8)c8cc9oc%10cc(N(c%11ccccc%11)c%11ccccc%11)c%11ccccc%11c%10c9c9ccccc89)c7)cc6C)ccc5c4c32)c1)c1ccccc1C. The van der Waals surface area contributed by atoms with Crippen LogP contribution in [0.4, 0.5) is 68.2 Å². The van der Waals surface area contributed by atoms with E-state index in [9.17, 15) is 0 Å². The molecule has 0 fully saturated rings. The third-order valence-corrected chi connectivity index (χ3v) is 19.8. The molecule has 0 spiro atoms. The van der Waals surface area contributed by atoms with Gasteiger partial charge < -0.3 is 28.4 Å². The predicted octanol–water partition coefficient (Wildman–Crippen LogP) is 26.9. The molecule has 0 amide bonds. The molecule has 0 unspecified atom stereocenters. The molecule has 2 heterocycles. The molecule has 18 rings (SSSR count). The van der Waals surface area contributed by atoms with Crippen LogP contribution in [0.2, 0.25) is 0 Å². The minimum Gasteiger partial charge on any atom is -0.456 e. The number of para-hydroxylation sites is 6. The van der Waals surface area contributed by atoms with Gasteiger partial charge in [-0.15, -0.1) is 0 Å². The Morgan fingerprint density at radius 3 is 1.00 bits per heavy atom. The third kappa shape index (κ3) is 9.71. The average molecular weight is 1260 g/mol. The number of furan rings is 2. The van der Waals surface area contributed by atoms with Gasteiger partial charge in [0.1, 0.15) is 22.3 Å². The van der Waals surface area contributed by atoms with E-state index in [2.05, 4.69) is 375 Å². The Morgan fingerprint density at radius 1 is 0.194 bits per heavy atom. The van der Waals surface area contributed by atoms with Crippen LogP contribution in [0.1, 0.15) is 22.3 Å². The highest BCUT2D eigenvalue weighted by molar-refractivity contribution is 6.31. The van der Waals surface area contributed by atoms with Gasteiger partial charge in [-0.25, -0.2) is 0 Å². The summed E-state index contributed by atoms with van der Waals surface area (Å²) in [5.41, 5.74) is 23.4. The highest BCUT2D eigenvalue weighted by atomic mass is 16.3. The summed E-state index contributed by atoms with van der Waals surface area (Å²) in [5, 5.41) is 13.5. The normalized spacial score (nSPS) is 11.7. The Labute approximate surface area is 568 Å². The van der Waals surface area contributed by atoms with E-state index in [0.29, 0.717) is 0 Å². The van der Waals surface area contributed by atoms with Gasteiger partial charge >= 0.3 is 0 Å². The zero-order chi connectivity index (χ0) is 65.5. The van der Waals surface area contributed by atoms with Crippen LogP contribution in [0.3, 0.4) is 0 Å². The molecule has 0 aliphatic heterocycles. The van der Waals surface area contributed by atoms with Gasteiger partial charge in [-0.05, 0) is 209 Å². The Morgan fingerprint density at radius 2 is 0.551 bits per heavy atom. The van der Waals surface area contributed by atoms with E-state index in [1.165, 1.54) is 16.7 Å².